The number of carboxylic acids is 1. The number of fused-ring (bicyclic) bond motifs is 2. The molecule has 35 heavy (non-hydrogen) atoms. The molecule has 0 aliphatic carbocycles. The molecule has 0 bridgehead atoms. The third-order valence-electron chi connectivity index (χ3n) is 6.24. The Hall–Kier alpha value is -3.63. The number of pyridine rings is 1. The third kappa shape index (κ3) is 5.08. The zero-order valence-electron chi connectivity index (χ0n) is 19.4. The molecule has 182 valence electrons. The number of hydrogen-bond donors (Lipinski definition) is 3. The van der Waals surface area contributed by atoms with Gasteiger partial charge >= 0.3 is 5.97 Å². The van der Waals surface area contributed by atoms with E-state index < -0.39 is 5.97 Å². The van der Waals surface area contributed by atoms with Crippen molar-refractivity contribution in [1.82, 2.24) is 24.9 Å². The molecule has 1 aliphatic rings. The van der Waals surface area contributed by atoms with Gasteiger partial charge in [0.15, 0.2) is 5.65 Å². The van der Waals surface area contributed by atoms with Crippen molar-refractivity contribution in [3.05, 3.63) is 54.2 Å². The van der Waals surface area contributed by atoms with Crippen molar-refractivity contribution in [1.29, 1.82) is 0 Å². The van der Waals surface area contributed by atoms with Crippen LogP contribution in [0.5, 0.6) is 0 Å². The van der Waals surface area contributed by atoms with E-state index in [2.05, 4.69) is 27.6 Å². The summed E-state index contributed by atoms with van der Waals surface area (Å²) in [5.41, 5.74) is 3.64. The Morgan fingerprint density at radius 1 is 1.26 bits per heavy atom. The highest BCUT2D eigenvalue weighted by molar-refractivity contribution is 5.87. The summed E-state index contributed by atoms with van der Waals surface area (Å²) in [6.45, 7) is 3.79. The summed E-state index contributed by atoms with van der Waals surface area (Å²) in [5.74, 6) is -0.555. The Balaban J connectivity index is 1.54. The number of rotatable bonds is 8. The van der Waals surface area contributed by atoms with Crippen LogP contribution in [0.4, 0.5) is 10.2 Å². The van der Waals surface area contributed by atoms with Crippen LogP contribution in [0.3, 0.4) is 0 Å². The molecule has 0 amide bonds. The first-order valence-electron chi connectivity index (χ1n) is 11.7. The summed E-state index contributed by atoms with van der Waals surface area (Å²) in [7, 11) is 0. The van der Waals surface area contributed by atoms with E-state index in [1.807, 2.05) is 12.1 Å². The number of ether oxygens (including phenoxy) is 1. The van der Waals surface area contributed by atoms with Crippen molar-refractivity contribution in [3.63, 3.8) is 0 Å². The van der Waals surface area contributed by atoms with E-state index in [1.54, 1.807) is 23.0 Å². The van der Waals surface area contributed by atoms with Crippen LogP contribution in [0, 0.1) is 5.82 Å². The lowest BCUT2D eigenvalue weighted by molar-refractivity contribution is -0.136. The van der Waals surface area contributed by atoms with Crippen molar-refractivity contribution in [2.75, 3.05) is 25.1 Å². The predicted octanol–water partition coefficient (Wildman–Crippen LogP) is 3.80. The van der Waals surface area contributed by atoms with Gasteiger partial charge in [0, 0.05) is 60.6 Å². The van der Waals surface area contributed by atoms with Gasteiger partial charge in [0.1, 0.15) is 11.6 Å². The van der Waals surface area contributed by atoms with Gasteiger partial charge in [0.05, 0.1) is 23.8 Å². The minimum absolute atomic E-state index is 0.0245. The third-order valence-corrected chi connectivity index (χ3v) is 6.24. The number of carbonyl (C=O) groups is 1. The van der Waals surface area contributed by atoms with Gasteiger partial charge < -0.3 is 20.5 Å². The minimum atomic E-state index is -0.881. The average molecular weight is 479 g/mol. The number of carboxylic acid groups (broad SMARTS) is 1. The van der Waals surface area contributed by atoms with Gasteiger partial charge in [0.2, 0.25) is 0 Å². The summed E-state index contributed by atoms with van der Waals surface area (Å²) < 4.78 is 20.9. The molecule has 10 heteroatoms. The van der Waals surface area contributed by atoms with Gasteiger partial charge in [-0.2, -0.15) is 9.61 Å². The Bertz CT molecular complexity index is 1370. The molecule has 4 aromatic rings. The topological polar surface area (TPSA) is 114 Å². The van der Waals surface area contributed by atoms with E-state index in [9.17, 15) is 9.18 Å². The second kappa shape index (κ2) is 9.93. The number of aliphatic carboxylic acids is 1. The first-order valence-corrected chi connectivity index (χ1v) is 11.7. The van der Waals surface area contributed by atoms with Crippen LogP contribution in [0.25, 0.3) is 27.7 Å². The van der Waals surface area contributed by atoms with Crippen LogP contribution in [-0.2, 0) is 9.53 Å². The normalized spacial score (nSPS) is 15.5. The zero-order chi connectivity index (χ0) is 24.4. The number of aromatic nitrogens is 4. The molecule has 4 heterocycles. The highest BCUT2D eigenvalue weighted by Gasteiger charge is 2.20. The van der Waals surface area contributed by atoms with Crippen molar-refractivity contribution in [2.45, 2.75) is 38.3 Å². The quantitative estimate of drug-likeness (QED) is 0.351. The molecule has 1 aliphatic heterocycles. The van der Waals surface area contributed by atoms with E-state index >= 15 is 0 Å². The number of nitrogens with zero attached hydrogens (tertiary/aromatic N) is 4. The van der Waals surface area contributed by atoms with Crippen LogP contribution in [0.2, 0.25) is 0 Å². The molecule has 3 aromatic heterocycles. The van der Waals surface area contributed by atoms with Gasteiger partial charge in [-0.05, 0) is 44.0 Å². The van der Waals surface area contributed by atoms with Gasteiger partial charge in [-0.1, -0.05) is 0 Å². The lowest BCUT2D eigenvalue weighted by Crippen LogP contribution is -2.36. The average Bonchev–Trinajstić information content (AvgIpc) is 3.28. The van der Waals surface area contributed by atoms with E-state index in [0.29, 0.717) is 28.4 Å². The molecule has 0 spiro atoms. The monoisotopic (exact) mass is 478 g/mol. The molecule has 3 N–H and O–H groups in total. The largest absolute Gasteiger partial charge is 0.481 e. The van der Waals surface area contributed by atoms with Crippen molar-refractivity contribution in [3.8, 4) is 11.1 Å². The first kappa shape index (κ1) is 23.1. The fraction of sp³-hybridized carbons (Fsp3) is 0.360. The number of nitrogens with one attached hydrogen (secondary N) is 2. The standard InChI is InChI=1S/C25H27FN6O3/c1-15(30-19-5-8-35-9-6-19)22-12-23(27-7-4-24(33)34)32-25(31-22)20(14-29-32)17-10-16-11-18(26)2-3-21(16)28-13-17/h2-3,10-15,19,27,30H,4-9H2,1H3,(H,33,34). The number of benzene rings is 1. The van der Waals surface area contributed by atoms with Crippen LogP contribution < -0.4 is 10.6 Å². The van der Waals surface area contributed by atoms with E-state index in [1.165, 1.54) is 12.1 Å². The van der Waals surface area contributed by atoms with Gasteiger partial charge in [-0.25, -0.2) is 9.37 Å². The molecule has 1 fully saturated rings. The first-order chi connectivity index (χ1) is 17.0. The van der Waals surface area contributed by atoms with Crippen LogP contribution in [0.1, 0.15) is 37.9 Å². The number of hydrogen-bond acceptors (Lipinski definition) is 7. The smallest absolute Gasteiger partial charge is 0.305 e. The number of anilines is 1. The number of halogens is 1. The fourth-order valence-corrected chi connectivity index (χ4v) is 4.38. The van der Waals surface area contributed by atoms with E-state index in [0.717, 1.165) is 42.9 Å². The maximum absolute atomic E-state index is 13.8. The summed E-state index contributed by atoms with van der Waals surface area (Å²) in [6, 6.07) is 8.55. The molecular formula is C25H27FN6O3. The second-order valence-electron chi connectivity index (χ2n) is 8.77. The highest BCUT2D eigenvalue weighted by atomic mass is 19.1. The molecule has 1 atom stereocenters. The molecule has 5 rings (SSSR count). The van der Waals surface area contributed by atoms with Crippen LogP contribution in [-0.4, -0.2) is 56.5 Å². The van der Waals surface area contributed by atoms with Crippen molar-refractivity contribution >= 4 is 28.3 Å². The molecule has 1 aromatic carbocycles. The predicted molar refractivity (Wildman–Crippen MR) is 130 cm³/mol. The maximum Gasteiger partial charge on any atom is 0.305 e. The molecule has 9 nitrogen and oxygen atoms in total. The van der Waals surface area contributed by atoms with E-state index in [4.69, 9.17) is 14.8 Å². The van der Waals surface area contributed by atoms with Crippen molar-refractivity contribution < 1.29 is 19.0 Å². The summed E-state index contributed by atoms with van der Waals surface area (Å²) in [5, 5.41) is 21.1. The second-order valence-corrected chi connectivity index (χ2v) is 8.77. The lowest BCUT2D eigenvalue weighted by Gasteiger charge is -2.26. The Morgan fingerprint density at radius 3 is 2.89 bits per heavy atom. The summed E-state index contributed by atoms with van der Waals surface area (Å²) in [4.78, 5) is 20.4. The Labute approximate surface area is 201 Å². The molecular weight excluding hydrogens is 451 g/mol. The van der Waals surface area contributed by atoms with E-state index in [-0.39, 0.29) is 24.8 Å². The highest BCUT2D eigenvalue weighted by Crippen LogP contribution is 2.29. The maximum atomic E-state index is 13.8. The Kier molecular flexibility index (Phi) is 6.56. The fourth-order valence-electron chi connectivity index (χ4n) is 4.38. The summed E-state index contributed by atoms with van der Waals surface area (Å²) >= 11 is 0. The van der Waals surface area contributed by atoms with Crippen molar-refractivity contribution in [2.24, 2.45) is 0 Å². The van der Waals surface area contributed by atoms with Crippen LogP contribution in [0.15, 0.2) is 42.7 Å². The lowest BCUT2D eigenvalue weighted by atomic mass is 10.1. The molecule has 1 saturated heterocycles. The zero-order valence-corrected chi connectivity index (χ0v) is 19.4. The van der Waals surface area contributed by atoms with Crippen LogP contribution >= 0.6 is 0 Å². The Morgan fingerprint density at radius 2 is 2.09 bits per heavy atom. The molecule has 0 radical (unpaired) electrons. The minimum Gasteiger partial charge on any atom is -0.481 e. The van der Waals surface area contributed by atoms with Gasteiger partial charge in [-0.3, -0.25) is 9.78 Å². The molecule has 1 unspecified atom stereocenters. The molecule has 0 saturated carbocycles. The summed E-state index contributed by atoms with van der Waals surface area (Å²) in [6.07, 6.45) is 5.28. The van der Waals surface area contributed by atoms with Gasteiger partial charge in [-0.15, -0.1) is 0 Å². The van der Waals surface area contributed by atoms with Gasteiger partial charge in [0.25, 0.3) is 0 Å². The SMILES string of the molecule is CC(NC1CCOCC1)c1cc(NCCC(=O)O)n2ncc(-c3cnc4ccc(F)cc4c3)c2n1.